The van der Waals surface area contributed by atoms with Gasteiger partial charge in [-0.1, -0.05) is 31.0 Å². The van der Waals surface area contributed by atoms with E-state index in [4.69, 9.17) is 0 Å². The zero-order chi connectivity index (χ0) is 9.38. The second-order valence-electron chi connectivity index (χ2n) is 4.62. The third-order valence-electron chi connectivity index (χ3n) is 3.82. The van der Waals surface area contributed by atoms with Crippen LogP contribution in [0.15, 0.2) is 24.3 Å². The molecule has 0 aromatic heterocycles. The molecule has 0 spiro atoms. The Morgan fingerprint density at radius 3 is 2.93 bits per heavy atom. The van der Waals surface area contributed by atoms with Crippen molar-refractivity contribution in [3.05, 3.63) is 29.8 Å². The fraction of sp³-hybridized carbons (Fsp3) is 0.538. The molecule has 74 valence electrons. The van der Waals surface area contributed by atoms with Crippen LogP contribution in [-0.2, 0) is 0 Å². The van der Waals surface area contributed by atoms with Crippen LogP contribution in [0.1, 0.15) is 37.2 Å². The lowest BCUT2D eigenvalue weighted by molar-refractivity contribution is 0.313. The predicted octanol–water partition coefficient (Wildman–Crippen LogP) is 3.39. The van der Waals surface area contributed by atoms with Crippen molar-refractivity contribution in [2.45, 2.75) is 31.6 Å². The molecule has 1 aromatic carbocycles. The molecule has 3 rings (SSSR count). The summed E-state index contributed by atoms with van der Waals surface area (Å²) in [5.74, 6) is 1.75. The van der Waals surface area contributed by atoms with Crippen LogP contribution >= 0.6 is 0 Å². The van der Waals surface area contributed by atoms with Gasteiger partial charge in [-0.3, -0.25) is 0 Å². The van der Waals surface area contributed by atoms with Crippen molar-refractivity contribution in [2.24, 2.45) is 5.92 Å². The van der Waals surface area contributed by atoms with E-state index in [1.807, 2.05) is 0 Å². The SMILES string of the molecule is c1ccc2c(c1)NC[C@@H]1CCCC[C@@H]21. The monoisotopic (exact) mass is 187 g/mol. The van der Waals surface area contributed by atoms with Gasteiger partial charge in [0.2, 0.25) is 0 Å². The number of hydrogen-bond donors (Lipinski definition) is 1. The van der Waals surface area contributed by atoms with Gasteiger partial charge in [0.25, 0.3) is 0 Å². The Morgan fingerprint density at radius 2 is 1.93 bits per heavy atom. The molecule has 1 nitrogen and oxygen atoms in total. The van der Waals surface area contributed by atoms with Gasteiger partial charge in [-0.05, 0) is 36.3 Å². The highest BCUT2D eigenvalue weighted by atomic mass is 14.9. The Morgan fingerprint density at radius 1 is 1.07 bits per heavy atom. The van der Waals surface area contributed by atoms with Gasteiger partial charge in [-0.15, -0.1) is 0 Å². The topological polar surface area (TPSA) is 12.0 Å². The first-order chi connectivity index (χ1) is 6.95. The minimum atomic E-state index is 0.848. The van der Waals surface area contributed by atoms with Crippen LogP contribution in [0.25, 0.3) is 0 Å². The first-order valence-corrected chi connectivity index (χ1v) is 5.78. The summed E-state index contributed by atoms with van der Waals surface area (Å²) in [6.07, 6.45) is 5.69. The molecule has 1 aromatic rings. The highest BCUT2D eigenvalue weighted by Crippen LogP contribution is 2.43. The van der Waals surface area contributed by atoms with E-state index in [2.05, 4.69) is 29.6 Å². The van der Waals surface area contributed by atoms with Crippen LogP contribution < -0.4 is 5.32 Å². The Hall–Kier alpha value is -0.980. The Kier molecular flexibility index (Phi) is 1.97. The predicted molar refractivity (Wildman–Crippen MR) is 59.6 cm³/mol. The number of hydrogen-bond acceptors (Lipinski definition) is 1. The summed E-state index contributed by atoms with van der Waals surface area (Å²) in [6.45, 7) is 1.20. The largest absolute Gasteiger partial charge is 0.385 e. The Labute approximate surface area is 85.5 Å². The fourth-order valence-electron chi connectivity index (χ4n) is 3.08. The van der Waals surface area contributed by atoms with Crippen molar-refractivity contribution >= 4 is 5.69 Å². The molecule has 1 aliphatic carbocycles. The Balaban J connectivity index is 1.99. The van der Waals surface area contributed by atoms with Gasteiger partial charge in [0, 0.05) is 12.2 Å². The molecule has 14 heavy (non-hydrogen) atoms. The van der Waals surface area contributed by atoms with E-state index in [9.17, 15) is 0 Å². The van der Waals surface area contributed by atoms with Crippen molar-refractivity contribution in [3.63, 3.8) is 0 Å². The molecule has 1 heterocycles. The van der Waals surface area contributed by atoms with E-state index < -0.39 is 0 Å². The third-order valence-corrected chi connectivity index (χ3v) is 3.82. The zero-order valence-electron chi connectivity index (χ0n) is 8.50. The molecule has 0 bridgehead atoms. The van der Waals surface area contributed by atoms with Crippen molar-refractivity contribution in [1.29, 1.82) is 0 Å². The fourth-order valence-corrected chi connectivity index (χ4v) is 3.08. The minimum Gasteiger partial charge on any atom is -0.385 e. The first kappa shape index (κ1) is 8.34. The number of fused-ring (bicyclic) bond motifs is 3. The average molecular weight is 187 g/mol. The number of para-hydroxylation sites is 1. The van der Waals surface area contributed by atoms with Gasteiger partial charge in [0.1, 0.15) is 0 Å². The Bertz CT molecular complexity index is 332. The van der Waals surface area contributed by atoms with Crippen molar-refractivity contribution < 1.29 is 0 Å². The van der Waals surface area contributed by atoms with Crippen LogP contribution in [0.5, 0.6) is 0 Å². The van der Waals surface area contributed by atoms with E-state index in [-0.39, 0.29) is 0 Å². The maximum atomic E-state index is 3.56. The summed E-state index contributed by atoms with van der Waals surface area (Å²) in [7, 11) is 0. The summed E-state index contributed by atoms with van der Waals surface area (Å²) in [4.78, 5) is 0. The summed E-state index contributed by atoms with van der Waals surface area (Å²) >= 11 is 0. The van der Waals surface area contributed by atoms with Gasteiger partial charge in [-0.25, -0.2) is 0 Å². The number of anilines is 1. The molecule has 2 aliphatic rings. The molecule has 2 atom stereocenters. The van der Waals surface area contributed by atoms with Crippen molar-refractivity contribution in [3.8, 4) is 0 Å². The lowest BCUT2D eigenvalue weighted by atomic mass is 9.73. The smallest absolute Gasteiger partial charge is 0.0375 e. The lowest BCUT2D eigenvalue weighted by Gasteiger charge is -2.37. The van der Waals surface area contributed by atoms with Crippen molar-refractivity contribution in [1.82, 2.24) is 0 Å². The van der Waals surface area contributed by atoms with Gasteiger partial charge < -0.3 is 5.32 Å². The molecule has 0 radical (unpaired) electrons. The van der Waals surface area contributed by atoms with E-state index in [0.29, 0.717) is 0 Å². The maximum absolute atomic E-state index is 3.56. The molecule has 1 N–H and O–H groups in total. The van der Waals surface area contributed by atoms with E-state index in [0.717, 1.165) is 11.8 Å². The number of nitrogens with one attached hydrogen (secondary N) is 1. The maximum Gasteiger partial charge on any atom is 0.0375 e. The van der Waals surface area contributed by atoms with E-state index in [1.54, 1.807) is 5.56 Å². The van der Waals surface area contributed by atoms with Gasteiger partial charge in [0.15, 0.2) is 0 Å². The quantitative estimate of drug-likeness (QED) is 0.656. The molecule has 0 amide bonds. The molecule has 1 aliphatic heterocycles. The van der Waals surface area contributed by atoms with Gasteiger partial charge in [-0.2, -0.15) is 0 Å². The molecular weight excluding hydrogens is 170 g/mol. The summed E-state index contributed by atoms with van der Waals surface area (Å²) in [5.41, 5.74) is 2.96. The highest BCUT2D eigenvalue weighted by molar-refractivity contribution is 5.55. The van der Waals surface area contributed by atoms with Crippen LogP contribution in [0.2, 0.25) is 0 Å². The molecule has 0 saturated heterocycles. The lowest BCUT2D eigenvalue weighted by Crippen LogP contribution is -2.30. The van der Waals surface area contributed by atoms with Crippen LogP contribution in [0.3, 0.4) is 0 Å². The summed E-state index contributed by atoms with van der Waals surface area (Å²) in [5, 5.41) is 3.56. The highest BCUT2D eigenvalue weighted by Gasteiger charge is 2.30. The average Bonchev–Trinajstić information content (AvgIpc) is 2.29. The van der Waals surface area contributed by atoms with E-state index in [1.165, 1.54) is 37.9 Å². The zero-order valence-corrected chi connectivity index (χ0v) is 8.50. The molecule has 1 fully saturated rings. The molecule has 1 saturated carbocycles. The van der Waals surface area contributed by atoms with E-state index >= 15 is 0 Å². The third kappa shape index (κ3) is 1.23. The normalized spacial score (nSPS) is 30.0. The second kappa shape index (κ2) is 3.30. The van der Waals surface area contributed by atoms with Crippen LogP contribution in [0, 0.1) is 5.92 Å². The molecule has 1 heteroatoms. The minimum absolute atomic E-state index is 0.848. The van der Waals surface area contributed by atoms with Crippen LogP contribution in [0.4, 0.5) is 5.69 Å². The van der Waals surface area contributed by atoms with Crippen LogP contribution in [-0.4, -0.2) is 6.54 Å². The molecular formula is C13H17N. The standard InChI is InChI=1S/C13H17N/c1-2-6-11-10(5-1)9-14-13-8-4-3-7-12(11)13/h3-4,7-8,10-11,14H,1-2,5-6,9H2/t10-,11+/m0/s1. The van der Waals surface area contributed by atoms with Gasteiger partial charge in [0.05, 0.1) is 0 Å². The molecule has 0 unspecified atom stereocenters. The summed E-state index contributed by atoms with van der Waals surface area (Å²) < 4.78 is 0. The first-order valence-electron chi connectivity index (χ1n) is 5.78. The van der Waals surface area contributed by atoms with Crippen molar-refractivity contribution in [2.75, 3.05) is 11.9 Å². The summed E-state index contributed by atoms with van der Waals surface area (Å²) in [6, 6.07) is 8.84. The second-order valence-corrected chi connectivity index (χ2v) is 4.62. The number of benzene rings is 1. The number of rotatable bonds is 0. The van der Waals surface area contributed by atoms with Gasteiger partial charge >= 0.3 is 0 Å².